The second kappa shape index (κ2) is 12.9. The van der Waals surface area contributed by atoms with Crippen LogP contribution < -0.4 is 4.74 Å². The monoisotopic (exact) mass is 518 g/mol. The number of benzene rings is 2. The van der Waals surface area contributed by atoms with Gasteiger partial charge in [0.1, 0.15) is 12.4 Å². The highest BCUT2D eigenvalue weighted by atomic mass is 35.5. The first-order valence-corrected chi connectivity index (χ1v) is 13.4. The third kappa shape index (κ3) is 7.82. The van der Waals surface area contributed by atoms with E-state index in [1.807, 2.05) is 42.5 Å². The molecule has 1 heterocycles. The molecule has 0 aliphatic carbocycles. The van der Waals surface area contributed by atoms with E-state index in [2.05, 4.69) is 4.98 Å². The summed E-state index contributed by atoms with van der Waals surface area (Å²) in [7, 11) is 3.48. The van der Waals surface area contributed by atoms with Crippen LogP contribution in [-0.2, 0) is 16.2 Å². The fourth-order valence-corrected chi connectivity index (χ4v) is 5.55. The molecule has 3 rings (SSSR count). The number of hydrogen-bond donors (Lipinski definition) is 1. The molecule has 0 aliphatic rings. The molecule has 1 N–H and O–H groups in total. The van der Waals surface area contributed by atoms with Crippen molar-refractivity contribution in [3.05, 3.63) is 70.9 Å². The van der Waals surface area contributed by atoms with E-state index in [4.69, 9.17) is 16.3 Å². The molecule has 1 unspecified atom stereocenters. The van der Waals surface area contributed by atoms with Crippen molar-refractivity contribution >= 4 is 57.9 Å². The number of pyridine rings is 1. The molecule has 1 atom stereocenters. The number of amides is 1. The number of aromatic nitrogens is 1. The van der Waals surface area contributed by atoms with Crippen LogP contribution >= 0.6 is 35.1 Å². The molecule has 180 valence electrons. The molecular weight excluding hydrogens is 492 g/mol. The van der Waals surface area contributed by atoms with Crippen LogP contribution in [0.4, 0.5) is 0 Å². The molecule has 0 saturated carbocycles. The van der Waals surface area contributed by atoms with Crippen molar-refractivity contribution in [1.82, 2.24) is 9.88 Å². The lowest BCUT2D eigenvalue weighted by atomic mass is 10.0. The predicted octanol–water partition coefficient (Wildman–Crippen LogP) is 5.54. The minimum atomic E-state index is -0.870. The summed E-state index contributed by atoms with van der Waals surface area (Å²) in [6.07, 6.45) is 0.485. The maximum atomic E-state index is 11.9. The van der Waals surface area contributed by atoms with E-state index in [0.29, 0.717) is 28.5 Å². The van der Waals surface area contributed by atoms with Crippen LogP contribution in [0.3, 0.4) is 0 Å². The zero-order chi connectivity index (χ0) is 24.5. The summed E-state index contributed by atoms with van der Waals surface area (Å²) in [5.41, 5.74) is 2.26. The molecule has 0 radical (unpaired) electrons. The molecule has 0 bridgehead atoms. The van der Waals surface area contributed by atoms with Crippen molar-refractivity contribution in [3.63, 3.8) is 0 Å². The number of rotatable bonds is 12. The largest absolute Gasteiger partial charge is 0.487 e. The average molecular weight is 519 g/mol. The van der Waals surface area contributed by atoms with Gasteiger partial charge in [-0.2, -0.15) is 11.8 Å². The molecule has 0 spiro atoms. The summed E-state index contributed by atoms with van der Waals surface area (Å²) in [6.45, 7) is 0.265. The molecule has 1 aromatic heterocycles. The van der Waals surface area contributed by atoms with Gasteiger partial charge in [-0.05, 0) is 35.9 Å². The van der Waals surface area contributed by atoms with Gasteiger partial charge in [0.25, 0.3) is 0 Å². The molecule has 9 heteroatoms. The number of carbonyl (C=O) groups is 2. The van der Waals surface area contributed by atoms with Crippen LogP contribution in [0.25, 0.3) is 10.9 Å². The number of carboxylic acid groups (broad SMARTS) is 1. The Bertz CT molecular complexity index is 1140. The van der Waals surface area contributed by atoms with E-state index < -0.39 is 11.9 Å². The van der Waals surface area contributed by atoms with Crippen molar-refractivity contribution < 1.29 is 19.4 Å². The maximum Gasteiger partial charge on any atom is 0.311 e. The number of halogens is 1. The van der Waals surface area contributed by atoms with Gasteiger partial charge in [-0.25, -0.2) is 4.98 Å². The van der Waals surface area contributed by atoms with Crippen LogP contribution in [-0.4, -0.2) is 57.6 Å². The molecule has 2 aromatic carbocycles. The Morgan fingerprint density at radius 1 is 1.12 bits per heavy atom. The van der Waals surface area contributed by atoms with Gasteiger partial charge in [-0.3, -0.25) is 9.59 Å². The second-order valence-electron chi connectivity index (χ2n) is 7.83. The van der Waals surface area contributed by atoms with E-state index in [1.54, 1.807) is 54.7 Å². The smallest absolute Gasteiger partial charge is 0.311 e. The van der Waals surface area contributed by atoms with Crippen molar-refractivity contribution in [2.45, 2.75) is 18.9 Å². The van der Waals surface area contributed by atoms with E-state index in [-0.39, 0.29) is 12.5 Å². The van der Waals surface area contributed by atoms with Crippen LogP contribution in [0.5, 0.6) is 5.75 Å². The van der Waals surface area contributed by atoms with Gasteiger partial charge < -0.3 is 14.7 Å². The van der Waals surface area contributed by atoms with Gasteiger partial charge in [-0.15, -0.1) is 11.8 Å². The molecule has 1 amide bonds. The number of thioether (sulfide) groups is 2. The Balaban J connectivity index is 1.54. The highest BCUT2D eigenvalue weighted by Crippen LogP contribution is 2.27. The summed E-state index contributed by atoms with van der Waals surface area (Å²) in [6, 6.07) is 16.6. The number of nitrogens with zero attached hydrogens (tertiary/aromatic N) is 2. The van der Waals surface area contributed by atoms with Crippen LogP contribution in [0.1, 0.15) is 23.6 Å². The Labute approximate surface area is 213 Å². The molecular formula is C25H27ClN2O4S2. The highest BCUT2D eigenvalue weighted by Gasteiger charge is 2.20. The van der Waals surface area contributed by atoms with Gasteiger partial charge in [0.2, 0.25) is 5.91 Å². The fraction of sp³-hybridized carbons (Fsp3) is 0.320. The Morgan fingerprint density at radius 3 is 2.68 bits per heavy atom. The Morgan fingerprint density at radius 2 is 1.91 bits per heavy atom. The maximum absolute atomic E-state index is 11.9. The lowest BCUT2D eigenvalue weighted by Crippen LogP contribution is -2.21. The number of ether oxygens (including phenoxy) is 1. The minimum Gasteiger partial charge on any atom is -0.487 e. The normalized spacial score (nSPS) is 11.9. The van der Waals surface area contributed by atoms with Gasteiger partial charge in [0.05, 0.1) is 17.1 Å². The Hall–Kier alpha value is -2.42. The number of fused-ring (bicyclic) bond motifs is 1. The van der Waals surface area contributed by atoms with E-state index >= 15 is 0 Å². The average Bonchev–Trinajstić information content (AvgIpc) is 2.81. The van der Waals surface area contributed by atoms with Crippen molar-refractivity contribution in [3.8, 4) is 5.75 Å². The minimum absolute atomic E-state index is 0.0976. The first-order chi connectivity index (χ1) is 16.3. The predicted molar refractivity (Wildman–Crippen MR) is 141 cm³/mol. The topological polar surface area (TPSA) is 79.7 Å². The van der Waals surface area contributed by atoms with Crippen LogP contribution in [0, 0.1) is 0 Å². The third-order valence-corrected chi connectivity index (χ3v) is 7.70. The number of aliphatic carboxylic acids is 1. The molecule has 0 fully saturated rings. The van der Waals surface area contributed by atoms with Crippen molar-refractivity contribution in [1.29, 1.82) is 0 Å². The lowest BCUT2D eigenvalue weighted by Gasteiger charge is -2.14. The number of carboxylic acids is 1. The van der Waals surface area contributed by atoms with Crippen LogP contribution in [0.15, 0.2) is 54.6 Å². The first kappa shape index (κ1) is 26.2. The van der Waals surface area contributed by atoms with Gasteiger partial charge >= 0.3 is 5.97 Å². The van der Waals surface area contributed by atoms with Gasteiger partial charge in [-0.1, -0.05) is 35.9 Å². The van der Waals surface area contributed by atoms with E-state index in [9.17, 15) is 14.7 Å². The fourth-order valence-electron chi connectivity index (χ4n) is 3.17. The number of hydrogen-bond acceptors (Lipinski definition) is 6. The zero-order valence-corrected chi connectivity index (χ0v) is 21.5. The lowest BCUT2D eigenvalue weighted by molar-refractivity contribution is -0.138. The summed E-state index contributed by atoms with van der Waals surface area (Å²) in [5, 5.41) is 12.1. The third-order valence-electron chi connectivity index (χ3n) is 5.07. The standard InChI is InChI=1S/C25H27ClN2O4S2/c1-28(2)24(29)10-11-33-16-34-15-22(25(30)31)18-4-3-5-21(12-18)32-14-20-9-7-17-6-8-19(26)13-23(17)27-20/h3-9,12-13,22H,10-11,14-16H2,1-2H3,(H,30,31). The SMILES string of the molecule is CN(C)C(=O)CCSCSCC(C(=O)O)c1cccc(OCc2ccc3ccc(Cl)cc3n2)c1. The first-order valence-electron chi connectivity index (χ1n) is 10.7. The summed E-state index contributed by atoms with van der Waals surface area (Å²) >= 11 is 9.26. The second-order valence-corrected chi connectivity index (χ2v) is 10.8. The summed E-state index contributed by atoms with van der Waals surface area (Å²) in [5.74, 6) is 0.350. The van der Waals surface area contributed by atoms with Crippen molar-refractivity contribution in [2.24, 2.45) is 0 Å². The number of carbonyl (C=O) groups excluding carboxylic acids is 1. The van der Waals surface area contributed by atoms with Crippen molar-refractivity contribution in [2.75, 3.05) is 30.7 Å². The molecule has 0 aliphatic heterocycles. The van der Waals surface area contributed by atoms with Gasteiger partial charge in [0.15, 0.2) is 0 Å². The van der Waals surface area contributed by atoms with E-state index in [1.165, 1.54) is 0 Å². The summed E-state index contributed by atoms with van der Waals surface area (Å²) < 4.78 is 5.91. The Kier molecular flexibility index (Phi) is 9.92. The zero-order valence-electron chi connectivity index (χ0n) is 19.1. The quantitative estimate of drug-likeness (QED) is 0.249. The van der Waals surface area contributed by atoms with Crippen LogP contribution in [0.2, 0.25) is 5.02 Å². The molecule has 3 aromatic rings. The van der Waals surface area contributed by atoms with E-state index in [0.717, 1.165) is 27.4 Å². The van der Waals surface area contributed by atoms with Gasteiger partial charge in [0, 0.05) is 47.5 Å². The molecule has 34 heavy (non-hydrogen) atoms. The summed E-state index contributed by atoms with van der Waals surface area (Å²) in [4.78, 5) is 29.7. The highest BCUT2D eigenvalue weighted by molar-refractivity contribution is 8.16. The molecule has 0 saturated heterocycles. The molecule has 6 nitrogen and oxygen atoms in total.